The Morgan fingerprint density at radius 1 is 1.11 bits per heavy atom. The lowest BCUT2D eigenvalue weighted by atomic mass is 9.85. The summed E-state index contributed by atoms with van der Waals surface area (Å²) >= 11 is 6.25. The second-order valence-electron chi connectivity index (χ2n) is 10.4. The van der Waals surface area contributed by atoms with Crippen molar-refractivity contribution in [1.82, 2.24) is 19.0 Å². The molecule has 0 aromatic heterocycles. The van der Waals surface area contributed by atoms with Crippen molar-refractivity contribution in [2.45, 2.75) is 43.5 Å². The Kier molecular flexibility index (Phi) is 11.0. The molecule has 1 aliphatic heterocycles. The van der Waals surface area contributed by atoms with E-state index in [1.54, 1.807) is 13.0 Å². The Hall–Kier alpha value is -1.43. The Bertz CT molecular complexity index is 985. The first-order valence-corrected chi connectivity index (χ1v) is 14.9. The monoisotopic (exact) mass is 558 g/mol. The van der Waals surface area contributed by atoms with Gasteiger partial charge in [0, 0.05) is 65.5 Å². The highest BCUT2D eigenvalue weighted by molar-refractivity contribution is 7.89. The van der Waals surface area contributed by atoms with E-state index in [1.165, 1.54) is 31.1 Å². The van der Waals surface area contributed by atoms with Gasteiger partial charge in [-0.15, -0.1) is 0 Å². The molecule has 0 spiro atoms. The fourth-order valence-electron chi connectivity index (χ4n) is 5.19. The van der Waals surface area contributed by atoms with Crippen LogP contribution in [0.3, 0.4) is 0 Å². The number of halogens is 1. The van der Waals surface area contributed by atoms with Crippen molar-refractivity contribution in [3.05, 3.63) is 22.7 Å². The van der Waals surface area contributed by atoms with E-state index in [-0.39, 0.29) is 41.6 Å². The maximum Gasteiger partial charge on any atom is 0.248 e. The summed E-state index contributed by atoms with van der Waals surface area (Å²) in [5, 5.41) is 0.111. The molecule has 1 aromatic rings. The Labute approximate surface area is 227 Å². The van der Waals surface area contributed by atoms with Crippen molar-refractivity contribution >= 4 is 27.5 Å². The molecule has 0 atom stereocenters. The van der Waals surface area contributed by atoms with Gasteiger partial charge < -0.3 is 24.2 Å². The summed E-state index contributed by atoms with van der Waals surface area (Å²) in [6.45, 7) is 7.59. The molecule has 11 heteroatoms. The fourth-order valence-corrected chi connectivity index (χ4v) is 7.14. The highest BCUT2D eigenvalue weighted by Gasteiger charge is 2.29. The minimum atomic E-state index is -3.81. The van der Waals surface area contributed by atoms with E-state index >= 15 is 0 Å². The molecule has 3 rings (SSSR count). The van der Waals surface area contributed by atoms with Gasteiger partial charge in [-0.05, 0) is 57.2 Å². The maximum absolute atomic E-state index is 13.0. The maximum atomic E-state index is 13.0. The minimum absolute atomic E-state index is 0.0523. The predicted octanol–water partition coefficient (Wildman–Crippen LogP) is 2.56. The molecule has 2 aliphatic rings. The summed E-state index contributed by atoms with van der Waals surface area (Å²) in [7, 11) is 3.20. The number of hydrogen-bond donors (Lipinski definition) is 0. The number of amides is 1. The Morgan fingerprint density at radius 2 is 1.76 bits per heavy atom. The molecule has 0 radical (unpaired) electrons. The number of methoxy groups -OCH3 is 1. The largest absolute Gasteiger partial charge is 0.497 e. The van der Waals surface area contributed by atoms with Gasteiger partial charge in [0.15, 0.2) is 0 Å². The first-order chi connectivity index (χ1) is 17.5. The van der Waals surface area contributed by atoms with Crippen LogP contribution in [-0.2, 0) is 19.6 Å². The summed E-state index contributed by atoms with van der Waals surface area (Å²) in [5.74, 6) is 1.14. The van der Waals surface area contributed by atoms with Gasteiger partial charge >= 0.3 is 0 Å². The lowest BCUT2D eigenvalue weighted by Gasteiger charge is -2.38. The van der Waals surface area contributed by atoms with Crippen molar-refractivity contribution in [2.75, 3.05) is 80.7 Å². The number of sulfonamides is 1. The number of benzene rings is 1. The van der Waals surface area contributed by atoms with Gasteiger partial charge in [0.1, 0.15) is 17.3 Å². The van der Waals surface area contributed by atoms with Crippen LogP contribution >= 0.6 is 11.6 Å². The normalized spacial score (nSPS) is 21.8. The van der Waals surface area contributed by atoms with Crippen molar-refractivity contribution in [2.24, 2.45) is 5.92 Å². The fraction of sp³-hybridized carbons (Fsp3) is 0.731. The van der Waals surface area contributed by atoms with E-state index in [1.807, 2.05) is 11.9 Å². The molecule has 1 aromatic carbocycles. The summed E-state index contributed by atoms with van der Waals surface area (Å²) in [4.78, 5) is 19.5. The third kappa shape index (κ3) is 8.03. The van der Waals surface area contributed by atoms with E-state index in [0.717, 1.165) is 51.9 Å². The first kappa shape index (κ1) is 30.1. The number of piperazine rings is 1. The zero-order valence-electron chi connectivity index (χ0n) is 22.9. The molecule has 1 aliphatic carbocycles. The second-order valence-corrected chi connectivity index (χ2v) is 12.8. The Morgan fingerprint density at radius 3 is 2.35 bits per heavy atom. The third-order valence-electron chi connectivity index (χ3n) is 7.75. The van der Waals surface area contributed by atoms with Crippen molar-refractivity contribution in [3.63, 3.8) is 0 Å². The smallest absolute Gasteiger partial charge is 0.248 e. The highest BCUT2D eigenvalue weighted by atomic mass is 35.5. The lowest BCUT2D eigenvalue weighted by molar-refractivity contribution is -0.137. The predicted molar refractivity (Wildman–Crippen MR) is 146 cm³/mol. The van der Waals surface area contributed by atoms with Gasteiger partial charge in [0.25, 0.3) is 0 Å². The van der Waals surface area contributed by atoms with Gasteiger partial charge in [-0.25, -0.2) is 8.42 Å². The van der Waals surface area contributed by atoms with Crippen LogP contribution in [0.2, 0.25) is 5.02 Å². The molecule has 0 bridgehead atoms. The number of aryl methyl sites for hydroxylation is 1. The molecule has 1 amide bonds. The van der Waals surface area contributed by atoms with Crippen molar-refractivity contribution < 1.29 is 22.7 Å². The van der Waals surface area contributed by atoms with Crippen LogP contribution in [0.4, 0.5) is 0 Å². The summed E-state index contributed by atoms with van der Waals surface area (Å²) < 4.78 is 38.0. The molecular formula is C26H43ClN4O5S. The van der Waals surface area contributed by atoms with Gasteiger partial charge in [-0.2, -0.15) is 4.31 Å². The zero-order valence-corrected chi connectivity index (χ0v) is 24.5. The number of hydrogen-bond acceptors (Lipinski definition) is 7. The topological polar surface area (TPSA) is 82.6 Å². The van der Waals surface area contributed by atoms with E-state index in [0.29, 0.717) is 17.2 Å². The van der Waals surface area contributed by atoms with Crippen LogP contribution in [0.25, 0.3) is 0 Å². The molecule has 0 unspecified atom stereocenters. The molecule has 1 heterocycles. The van der Waals surface area contributed by atoms with Crippen LogP contribution in [0.1, 0.15) is 31.2 Å². The SMILES string of the molecule is COc1cc(C)c(S(=O)(=O)N(C)CCOCC(=O)N(C)C2CCC(CN3CCN(C)CC3)CC2)c(Cl)c1. The van der Waals surface area contributed by atoms with Gasteiger partial charge in [-0.1, -0.05) is 11.6 Å². The van der Waals surface area contributed by atoms with Gasteiger partial charge in [-0.3, -0.25) is 4.79 Å². The molecule has 1 saturated carbocycles. The first-order valence-electron chi connectivity index (χ1n) is 13.1. The number of rotatable bonds is 11. The van der Waals surface area contributed by atoms with Crippen LogP contribution in [0.15, 0.2) is 17.0 Å². The molecular weight excluding hydrogens is 516 g/mol. The highest BCUT2D eigenvalue weighted by Crippen LogP contribution is 2.32. The molecule has 9 nitrogen and oxygen atoms in total. The van der Waals surface area contributed by atoms with Gasteiger partial charge in [0.05, 0.1) is 18.7 Å². The van der Waals surface area contributed by atoms with Crippen LogP contribution in [0, 0.1) is 12.8 Å². The Balaban J connectivity index is 1.39. The molecule has 2 fully saturated rings. The van der Waals surface area contributed by atoms with Crippen LogP contribution in [0.5, 0.6) is 5.75 Å². The minimum Gasteiger partial charge on any atom is -0.497 e. The number of nitrogens with zero attached hydrogens (tertiary/aromatic N) is 4. The van der Waals surface area contributed by atoms with Crippen LogP contribution < -0.4 is 4.74 Å². The van der Waals surface area contributed by atoms with Crippen LogP contribution in [-0.4, -0.2) is 120 Å². The van der Waals surface area contributed by atoms with Crippen molar-refractivity contribution in [1.29, 1.82) is 0 Å². The van der Waals surface area contributed by atoms with E-state index in [4.69, 9.17) is 21.1 Å². The number of carbonyl (C=O) groups excluding carboxylic acids is 1. The lowest BCUT2D eigenvalue weighted by Crippen LogP contribution is -2.47. The summed E-state index contributed by atoms with van der Waals surface area (Å²) in [5.41, 5.74) is 0.507. The van der Waals surface area contributed by atoms with E-state index < -0.39 is 10.0 Å². The van der Waals surface area contributed by atoms with Gasteiger partial charge in [0.2, 0.25) is 15.9 Å². The molecule has 37 heavy (non-hydrogen) atoms. The number of carbonyl (C=O) groups is 1. The quantitative estimate of drug-likeness (QED) is 0.386. The number of likely N-dealkylation sites (N-methyl/N-ethyl adjacent to an activating group) is 3. The third-order valence-corrected chi connectivity index (χ3v) is 10.2. The molecule has 0 N–H and O–H groups in total. The summed E-state index contributed by atoms with van der Waals surface area (Å²) in [6.07, 6.45) is 4.32. The standard InChI is InChI=1S/C26H43ClN4O5S/c1-20-16-23(35-5)17-24(27)26(20)37(33,34)29(3)14-15-36-19-25(32)30(4)22-8-6-21(7-9-22)18-31-12-10-28(2)11-13-31/h16-17,21-22H,6-15,18-19H2,1-5H3. The second kappa shape index (κ2) is 13.6. The summed E-state index contributed by atoms with van der Waals surface area (Å²) in [6, 6.07) is 3.36. The average Bonchev–Trinajstić information content (AvgIpc) is 2.87. The van der Waals surface area contributed by atoms with Crippen molar-refractivity contribution in [3.8, 4) is 5.75 Å². The molecule has 210 valence electrons. The zero-order chi connectivity index (χ0) is 27.2. The average molecular weight is 559 g/mol. The van der Waals surface area contributed by atoms with E-state index in [9.17, 15) is 13.2 Å². The number of ether oxygens (including phenoxy) is 2. The van der Waals surface area contributed by atoms with E-state index in [2.05, 4.69) is 16.8 Å². The molecule has 1 saturated heterocycles.